The molecule has 0 heterocycles. The van der Waals surface area contributed by atoms with Crippen molar-refractivity contribution in [2.45, 2.75) is 13.3 Å². The molecule has 0 radical (unpaired) electrons. The lowest BCUT2D eigenvalue weighted by molar-refractivity contribution is 0.0988. The summed E-state index contributed by atoms with van der Waals surface area (Å²) in [7, 11) is 0. The predicted molar refractivity (Wildman–Crippen MR) is 46.1 cm³/mol. The highest BCUT2D eigenvalue weighted by molar-refractivity contribution is 6.30. The number of hydrogen-bond donors (Lipinski definition) is 0. The molecule has 58 valence electrons. The molecule has 0 saturated carbocycles. The molecule has 0 N–H and O–H groups in total. The molecule has 0 aliphatic heterocycles. The van der Waals surface area contributed by atoms with Crippen LogP contribution in [-0.2, 0) is 0 Å². The minimum atomic E-state index is -0.703. The van der Waals surface area contributed by atoms with Crippen LogP contribution in [0.5, 0.6) is 0 Å². The van der Waals surface area contributed by atoms with Gasteiger partial charge in [0.15, 0.2) is 5.78 Å². The fraction of sp³-hybridized carbons (Fsp3) is 0.222. The van der Waals surface area contributed by atoms with Crippen LogP contribution in [0.3, 0.4) is 0 Å². The van der Waals surface area contributed by atoms with E-state index >= 15 is 0 Å². The molecular formula is C9H9ClO. The molecule has 1 unspecified atom stereocenters. The van der Waals surface area contributed by atoms with E-state index in [1.165, 1.54) is 0 Å². The number of rotatable bonds is 2. The van der Waals surface area contributed by atoms with Crippen LogP contribution in [0.25, 0.3) is 0 Å². The van der Waals surface area contributed by atoms with Gasteiger partial charge in [-0.25, -0.2) is 0 Å². The van der Waals surface area contributed by atoms with E-state index in [-0.39, 0.29) is 5.78 Å². The Balaban J connectivity index is 2.90. The fourth-order valence-electron chi connectivity index (χ4n) is 0.781. The van der Waals surface area contributed by atoms with Crippen molar-refractivity contribution >= 4 is 17.4 Å². The van der Waals surface area contributed by atoms with Gasteiger partial charge < -0.3 is 0 Å². The molecule has 1 rings (SSSR count). The zero-order valence-corrected chi connectivity index (χ0v) is 6.93. The highest BCUT2D eigenvalue weighted by atomic mass is 35.5. The third-order valence-corrected chi connectivity index (χ3v) is 1.64. The van der Waals surface area contributed by atoms with Crippen LogP contribution in [0.4, 0.5) is 0 Å². The molecule has 0 fully saturated rings. The maximum absolute atomic E-state index is 11.2. The largest absolute Gasteiger partial charge is 0.294 e. The topological polar surface area (TPSA) is 17.1 Å². The van der Waals surface area contributed by atoms with Gasteiger partial charge in [-0.3, -0.25) is 4.79 Å². The summed E-state index contributed by atoms with van der Waals surface area (Å²) in [6, 6.07) is 6.57. The zero-order chi connectivity index (χ0) is 9.14. The normalized spacial score (nSPS) is 13.8. The van der Waals surface area contributed by atoms with Crippen molar-refractivity contribution in [2.24, 2.45) is 0 Å². The van der Waals surface area contributed by atoms with Crippen molar-refractivity contribution in [3.05, 3.63) is 34.9 Å². The number of halogens is 1. The van der Waals surface area contributed by atoms with Gasteiger partial charge in [-0.1, -0.05) is 18.5 Å². The molecule has 1 aromatic carbocycles. The molecule has 11 heavy (non-hydrogen) atoms. The molecule has 1 aromatic rings. The summed E-state index contributed by atoms with van der Waals surface area (Å²) in [6.07, 6.45) is -0.703. The number of Topliss-reactive ketones (excluding diaryl/α,β-unsaturated/α-hetero) is 1. The van der Waals surface area contributed by atoms with Crippen LogP contribution in [0.1, 0.15) is 25.0 Å². The van der Waals surface area contributed by atoms with Gasteiger partial charge in [-0.15, -0.1) is 0 Å². The molecule has 2 heteroatoms. The Morgan fingerprint density at radius 1 is 1.55 bits per heavy atom. The summed E-state index contributed by atoms with van der Waals surface area (Å²) < 4.78 is 7.19. The van der Waals surface area contributed by atoms with Crippen LogP contribution in [-0.4, -0.2) is 5.78 Å². The molecule has 0 aliphatic rings. The average Bonchev–Trinajstić information content (AvgIpc) is 2.04. The van der Waals surface area contributed by atoms with Crippen LogP contribution in [0.2, 0.25) is 5.02 Å². The highest BCUT2D eigenvalue weighted by Crippen LogP contribution is 2.10. The summed E-state index contributed by atoms with van der Waals surface area (Å²) in [5.41, 5.74) is 0.543. The highest BCUT2D eigenvalue weighted by Gasteiger charge is 2.00. The molecule has 0 bridgehead atoms. The number of hydrogen-bond acceptors (Lipinski definition) is 1. The van der Waals surface area contributed by atoms with E-state index < -0.39 is 6.40 Å². The van der Waals surface area contributed by atoms with E-state index in [0.29, 0.717) is 10.6 Å². The van der Waals surface area contributed by atoms with Crippen LogP contribution >= 0.6 is 11.6 Å². The molecule has 0 aromatic heterocycles. The monoisotopic (exact) mass is 169 g/mol. The van der Waals surface area contributed by atoms with Crippen molar-refractivity contribution in [2.75, 3.05) is 0 Å². The quantitative estimate of drug-likeness (QED) is 0.623. The van der Waals surface area contributed by atoms with Gasteiger partial charge in [0.2, 0.25) is 0 Å². The van der Waals surface area contributed by atoms with Crippen molar-refractivity contribution < 1.29 is 6.17 Å². The lowest BCUT2D eigenvalue weighted by Crippen LogP contribution is -1.94. The first-order chi connectivity index (χ1) is 5.61. The lowest BCUT2D eigenvalue weighted by atomic mass is 10.1. The Morgan fingerprint density at radius 3 is 2.55 bits per heavy atom. The summed E-state index contributed by atoms with van der Waals surface area (Å²) in [6.45, 7) is 1.55. The van der Waals surface area contributed by atoms with Crippen LogP contribution < -0.4 is 0 Å². The molecule has 0 aliphatic carbocycles. The number of carbonyl (C=O) groups is 1. The van der Waals surface area contributed by atoms with Gasteiger partial charge >= 0.3 is 0 Å². The molecule has 0 amide bonds. The van der Waals surface area contributed by atoms with Gasteiger partial charge in [-0.05, 0) is 24.3 Å². The minimum absolute atomic E-state index is 0.174. The first-order valence-electron chi connectivity index (χ1n) is 3.91. The zero-order valence-electron chi connectivity index (χ0n) is 7.17. The van der Waals surface area contributed by atoms with E-state index in [4.69, 9.17) is 13.0 Å². The molecule has 1 atom stereocenters. The fourth-order valence-corrected chi connectivity index (χ4v) is 0.907. The number of ketones is 1. The van der Waals surface area contributed by atoms with E-state index in [9.17, 15) is 4.79 Å². The average molecular weight is 170 g/mol. The number of carbonyl (C=O) groups excluding carboxylic acids is 1. The summed E-state index contributed by atoms with van der Waals surface area (Å²) in [5, 5.41) is 0.601. The Hall–Kier alpha value is -0.820. The summed E-state index contributed by atoms with van der Waals surface area (Å²) in [4.78, 5) is 11.2. The van der Waals surface area contributed by atoms with E-state index in [2.05, 4.69) is 0 Å². The third-order valence-electron chi connectivity index (χ3n) is 1.39. The summed E-state index contributed by atoms with van der Waals surface area (Å²) >= 11 is 5.64. The molecule has 1 nitrogen and oxygen atoms in total. The maximum Gasteiger partial charge on any atom is 0.162 e. The Kier molecular flexibility index (Phi) is 2.21. The smallest absolute Gasteiger partial charge is 0.162 e. The first-order valence-corrected chi connectivity index (χ1v) is 3.71. The predicted octanol–water partition coefficient (Wildman–Crippen LogP) is 2.93. The third kappa shape index (κ3) is 2.05. The van der Waals surface area contributed by atoms with Gasteiger partial charge in [0.25, 0.3) is 0 Å². The van der Waals surface area contributed by atoms with Crippen LogP contribution in [0, 0.1) is 0 Å². The minimum Gasteiger partial charge on any atom is -0.294 e. The SMILES string of the molecule is [2H]C(C)C(=O)c1ccc(Cl)cc1. The van der Waals surface area contributed by atoms with Crippen molar-refractivity contribution in [1.29, 1.82) is 0 Å². The van der Waals surface area contributed by atoms with Gasteiger partial charge in [0.05, 0.1) is 0 Å². The standard InChI is InChI=1S/C9H9ClO/c1-2-9(11)7-3-5-8(10)6-4-7/h3-6H,2H2,1H3/i2D. The first kappa shape index (κ1) is 6.86. The molecule has 0 spiro atoms. The van der Waals surface area contributed by atoms with Crippen molar-refractivity contribution in [3.8, 4) is 0 Å². The molecule has 0 saturated heterocycles. The van der Waals surface area contributed by atoms with Gasteiger partial charge in [0, 0.05) is 18.4 Å². The van der Waals surface area contributed by atoms with E-state index in [1.54, 1.807) is 31.2 Å². The Labute approximate surface area is 72.4 Å². The lowest BCUT2D eigenvalue weighted by Gasteiger charge is -1.95. The Bertz CT molecular complexity index is 279. The second-order valence-electron chi connectivity index (χ2n) is 2.16. The van der Waals surface area contributed by atoms with Gasteiger partial charge in [0.1, 0.15) is 0 Å². The van der Waals surface area contributed by atoms with Crippen molar-refractivity contribution in [1.82, 2.24) is 0 Å². The van der Waals surface area contributed by atoms with Crippen LogP contribution in [0.15, 0.2) is 24.3 Å². The molecular weight excluding hydrogens is 160 g/mol. The van der Waals surface area contributed by atoms with E-state index in [1.807, 2.05) is 0 Å². The van der Waals surface area contributed by atoms with Gasteiger partial charge in [-0.2, -0.15) is 0 Å². The Morgan fingerprint density at radius 2 is 2.09 bits per heavy atom. The second kappa shape index (κ2) is 3.54. The maximum atomic E-state index is 11.2. The van der Waals surface area contributed by atoms with E-state index in [0.717, 1.165) is 0 Å². The second-order valence-corrected chi connectivity index (χ2v) is 2.60. The number of benzene rings is 1. The van der Waals surface area contributed by atoms with Crippen molar-refractivity contribution in [3.63, 3.8) is 0 Å². The summed E-state index contributed by atoms with van der Waals surface area (Å²) in [5.74, 6) is -0.174.